The first-order chi connectivity index (χ1) is 12.3. The molecule has 0 unspecified atom stereocenters. The summed E-state index contributed by atoms with van der Waals surface area (Å²) in [4.78, 5) is 13.6. The first-order valence-corrected chi connectivity index (χ1v) is 8.88. The van der Waals surface area contributed by atoms with Crippen LogP contribution in [0.1, 0.15) is 10.9 Å². The molecule has 0 saturated heterocycles. The van der Waals surface area contributed by atoms with Crippen LogP contribution in [-0.4, -0.2) is 34.9 Å². The van der Waals surface area contributed by atoms with E-state index >= 15 is 0 Å². The topological polar surface area (TPSA) is 65.4 Å². The molecular formula is C18H17N3O3S. The summed E-state index contributed by atoms with van der Waals surface area (Å²) >= 11 is 1.64. The average molecular weight is 355 g/mol. The molecule has 2 aromatic heterocycles. The minimum Gasteiger partial charge on any atom is -0.485 e. The van der Waals surface area contributed by atoms with Crippen molar-refractivity contribution in [1.29, 1.82) is 0 Å². The van der Waals surface area contributed by atoms with E-state index in [1.807, 2.05) is 52.7 Å². The highest BCUT2D eigenvalue weighted by Gasteiger charge is 2.28. The standard InChI is InChI=1S/C18H17N3O3S/c22-18(16-12-23-14-5-1-2-6-15(14)24-16)19-11-13(17-7-3-10-25-17)21-9-4-8-20-21/h1-10,13,16H,11-12H2,(H,19,22)/t13-,16+/m1/s1. The van der Waals surface area contributed by atoms with Gasteiger partial charge < -0.3 is 14.8 Å². The molecule has 4 rings (SSSR count). The van der Waals surface area contributed by atoms with Crippen LogP contribution in [0.15, 0.2) is 60.2 Å². The number of carbonyl (C=O) groups is 1. The van der Waals surface area contributed by atoms with Crippen molar-refractivity contribution in [3.8, 4) is 11.5 Å². The molecule has 1 amide bonds. The van der Waals surface area contributed by atoms with Crippen LogP contribution in [0.2, 0.25) is 0 Å². The number of para-hydroxylation sites is 2. The molecule has 7 heteroatoms. The number of hydrogen-bond donors (Lipinski definition) is 1. The minimum atomic E-state index is -0.656. The first-order valence-electron chi connectivity index (χ1n) is 8.00. The molecule has 0 saturated carbocycles. The highest BCUT2D eigenvalue weighted by atomic mass is 32.1. The Labute approximate surface area is 149 Å². The third-order valence-electron chi connectivity index (χ3n) is 3.99. The summed E-state index contributed by atoms with van der Waals surface area (Å²) in [5, 5.41) is 9.29. The van der Waals surface area contributed by atoms with Crippen LogP contribution < -0.4 is 14.8 Å². The zero-order valence-electron chi connectivity index (χ0n) is 13.4. The Bertz CT molecular complexity index is 799. The summed E-state index contributed by atoms with van der Waals surface area (Å²) in [6, 6.07) is 13.2. The number of carbonyl (C=O) groups excluding carboxylic acids is 1. The van der Waals surface area contributed by atoms with Gasteiger partial charge in [-0.3, -0.25) is 9.48 Å². The molecule has 6 nitrogen and oxygen atoms in total. The van der Waals surface area contributed by atoms with Crippen LogP contribution in [0.25, 0.3) is 0 Å². The Balaban J connectivity index is 1.42. The number of rotatable bonds is 5. The van der Waals surface area contributed by atoms with Crippen LogP contribution in [0.3, 0.4) is 0 Å². The number of hydrogen-bond acceptors (Lipinski definition) is 5. The number of aromatic nitrogens is 2. The Morgan fingerprint density at radius 1 is 1.28 bits per heavy atom. The summed E-state index contributed by atoms with van der Waals surface area (Å²) in [5.74, 6) is 1.07. The van der Waals surface area contributed by atoms with Crippen molar-refractivity contribution < 1.29 is 14.3 Å². The van der Waals surface area contributed by atoms with Crippen LogP contribution in [0, 0.1) is 0 Å². The second kappa shape index (κ2) is 6.98. The molecule has 0 aliphatic carbocycles. The van der Waals surface area contributed by atoms with Gasteiger partial charge in [-0.15, -0.1) is 11.3 Å². The molecule has 1 aliphatic heterocycles. The lowest BCUT2D eigenvalue weighted by atomic mass is 10.2. The fourth-order valence-corrected chi connectivity index (χ4v) is 3.55. The van der Waals surface area contributed by atoms with Gasteiger partial charge in [0.15, 0.2) is 11.5 Å². The van der Waals surface area contributed by atoms with Gasteiger partial charge in [0.05, 0.1) is 0 Å². The number of nitrogens with zero attached hydrogens (tertiary/aromatic N) is 2. The third-order valence-corrected chi connectivity index (χ3v) is 4.96. The summed E-state index contributed by atoms with van der Waals surface area (Å²) in [6.45, 7) is 0.636. The zero-order chi connectivity index (χ0) is 17.1. The van der Waals surface area contributed by atoms with Crippen molar-refractivity contribution in [3.05, 3.63) is 65.1 Å². The van der Waals surface area contributed by atoms with E-state index in [4.69, 9.17) is 9.47 Å². The molecule has 0 spiro atoms. The van der Waals surface area contributed by atoms with Gasteiger partial charge in [0.25, 0.3) is 5.91 Å². The van der Waals surface area contributed by atoms with Gasteiger partial charge in [0.1, 0.15) is 12.6 Å². The summed E-state index contributed by atoms with van der Waals surface area (Å²) in [6.07, 6.45) is 2.97. The predicted octanol–water partition coefficient (Wildman–Crippen LogP) is 2.49. The third kappa shape index (κ3) is 3.36. The maximum Gasteiger partial charge on any atom is 0.264 e. The van der Waals surface area contributed by atoms with Crippen molar-refractivity contribution in [2.24, 2.45) is 0 Å². The molecule has 1 N–H and O–H groups in total. The van der Waals surface area contributed by atoms with E-state index in [1.165, 1.54) is 0 Å². The van der Waals surface area contributed by atoms with Crippen molar-refractivity contribution in [3.63, 3.8) is 0 Å². The Morgan fingerprint density at radius 2 is 2.16 bits per heavy atom. The predicted molar refractivity (Wildman–Crippen MR) is 94.0 cm³/mol. The number of benzene rings is 1. The second-order valence-electron chi connectivity index (χ2n) is 5.63. The molecule has 3 aromatic rings. The van der Waals surface area contributed by atoms with E-state index < -0.39 is 6.10 Å². The highest BCUT2D eigenvalue weighted by Crippen LogP contribution is 2.31. The van der Waals surface area contributed by atoms with Gasteiger partial charge in [-0.1, -0.05) is 18.2 Å². The number of amides is 1. The lowest BCUT2D eigenvalue weighted by Crippen LogP contribution is -2.45. The molecule has 3 heterocycles. The molecule has 128 valence electrons. The maximum absolute atomic E-state index is 12.5. The molecule has 25 heavy (non-hydrogen) atoms. The highest BCUT2D eigenvalue weighted by molar-refractivity contribution is 7.10. The number of fused-ring (bicyclic) bond motifs is 1. The Kier molecular flexibility index (Phi) is 4.39. The fraction of sp³-hybridized carbons (Fsp3) is 0.222. The van der Waals surface area contributed by atoms with E-state index in [-0.39, 0.29) is 18.6 Å². The normalized spacial score (nSPS) is 17.0. The van der Waals surface area contributed by atoms with Gasteiger partial charge in [-0.25, -0.2) is 0 Å². The summed E-state index contributed by atoms with van der Waals surface area (Å²) in [5.41, 5.74) is 0. The lowest BCUT2D eigenvalue weighted by molar-refractivity contribution is -0.130. The molecule has 1 aliphatic rings. The largest absolute Gasteiger partial charge is 0.485 e. The van der Waals surface area contributed by atoms with Crippen LogP contribution >= 0.6 is 11.3 Å². The van der Waals surface area contributed by atoms with Gasteiger partial charge in [0, 0.05) is 23.8 Å². The number of nitrogens with one attached hydrogen (secondary N) is 1. The second-order valence-corrected chi connectivity index (χ2v) is 6.61. The van der Waals surface area contributed by atoms with Crippen molar-refractivity contribution in [1.82, 2.24) is 15.1 Å². The maximum atomic E-state index is 12.5. The zero-order valence-corrected chi connectivity index (χ0v) is 14.2. The first kappa shape index (κ1) is 15.7. The molecule has 0 radical (unpaired) electrons. The molecule has 2 atom stereocenters. The van der Waals surface area contributed by atoms with Gasteiger partial charge in [0.2, 0.25) is 6.10 Å². The molecule has 0 fully saturated rings. The van der Waals surface area contributed by atoms with E-state index in [9.17, 15) is 4.79 Å². The number of ether oxygens (including phenoxy) is 2. The SMILES string of the molecule is O=C(NC[C@H](c1cccs1)n1cccn1)[C@@H]1COc2ccccc2O1. The van der Waals surface area contributed by atoms with E-state index in [1.54, 1.807) is 23.6 Å². The quantitative estimate of drug-likeness (QED) is 0.764. The van der Waals surface area contributed by atoms with Crippen molar-refractivity contribution in [2.75, 3.05) is 13.2 Å². The van der Waals surface area contributed by atoms with Crippen LogP contribution in [-0.2, 0) is 4.79 Å². The van der Waals surface area contributed by atoms with Crippen LogP contribution in [0.5, 0.6) is 11.5 Å². The summed E-state index contributed by atoms with van der Waals surface area (Å²) < 4.78 is 13.2. The lowest BCUT2D eigenvalue weighted by Gasteiger charge is -2.26. The minimum absolute atomic E-state index is 0.0456. The van der Waals surface area contributed by atoms with Crippen molar-refractivity contribution in [2.45, 2.75) is 12.1 Å². The summed E-state index contributed by atoms with van der Waals surface area (Å²) in [7, 11) is 0. The van der Waals surface area contributed by atoms with Crippen molar-refractivity contribution >= 4 is 17.2 Å². The van der Waals surface area contributed by atoms with E-state index in [2.05, 4.69) is 10.4 Å². The Morgan fingerprint density at radius 3 is 2.92 bits per heavy atom. The monoisotopic (exact) mass is 355 g/mol. The van der Waals surface area contributed by atoms with E-state index in [0.717, 1.165) is 4.88 Å². The van der Waals surface area contributed by atoms with Gasteiger partial charge in [-0.05, 0) is 29.6 Å². The smallest absolute Gasteiger partial charge is 0.264 e. The fourth-order valence-electron chi connectivity index (χ4n) is 2.73. The van der Waals surface area contributed by atoms with Gasteiger partial charge in [-0.2, -0.15) is 5.10 Å². The molecule has 1 aromatic carbocycles. The molecule has 0 bridgehead atoms. The van der Waals surface area contributed by atoms with Crippen LogP contribution in [0.4, 0.5) is 0 Å². The van der Waals surface area contributed by atoms with Gasteiger partial charge >= 0.3 is 0 Å². The Hall–Kier alpha value is -2.80. The molecular weight excluding hydrogens is 338 g/mol. The average Bonchev–Trinajstić information content (AvgIpc) is 3.36. The number of thiophene rings is 1. The van der Waals surface area contributed by atoms with E-state index in [0.29, 0.717) is 18.0 Å².